The summed E-state index contributed by atoms with van der Waals surface area (Å²) in [5.74, 6) is 0. The van der Waals surface area contributed by atoms with E-state index in [0.717, 1.165) is 0 Å². The summed E-state index contributed by atoms with van der Waals surface area (Å²) < 4.78 is 4.71. The van der Waals surface area contributed by atoms with Crippen LogP contribution in [-0.4, -0.2) is 62.3 Å². The van der Waals surface area contributed by atoms with Crippen molar-refractivity contribution in [1.29, 1.82) is 0 Å². The maximum Gasteiger partial charge on any atom is 0.184 e. The van der Waals surface area contributed by atoms with E-state index in [1.54, 1.807) is 0 Å². The second kappa shape index (κ2) is 4.56. The molecule has 1 heterocycles. The third-order valence-corrected chi connectivity index (χ3v) is 2.61. The molecule has 1 aliphatic rings. The van der Waals surface area contributed by atoms with E-state index < -0.39 is 36.8 Å². The van der Waals surface area contributed by atoms with Crippen molar-refractivity contribution >= 4 is 0 Å². The summed E-state index contributed by atoms with van der Waals surface area (Å²) in [6, 6.07) is 0. The minimum Gasteiger partial charge on any atom is -0.394 e. The van der Waals surface area contributed by atoms with Gasteiger partial charge in [-0.25, -0.2) is 0 Å². The minimum absolute atomic E-state index is 0.119. The van der Waals surface area contributed by atoms with Gasteiger partial charge in [0.1, 0.15) is 23.9 Å². The quantitative estimate of drug-likeness (QED) is 0.343. The predicted octanol–water partition coefficient (Wildman–Crippen LogP) is -2.28. The Kier molecular flexibility index (Phi) is 3.82. The van der Waals surface area contributed by atoms with Gasteiger partial charge in [0, 0.05) is 0 Å². The molecule has 0 bridgehead atoms. The highest BCUT2D eigenvalue weighted by Crippen LogP contribution is 2.31. The molecule has 1 aliphatic heterocycles. The average Bonchev–Trinajstić information content (AvgIpc) is 2.21. The maximum absolute atomic E-state index is 9.96. The zero-order valence-corrected chi connectivity index (χ0v) is 8.15. The SMILES string of the molecule is C=CC[C@]1(O)[C@H](O)[C@@H](CO)O[C@H](O)[C@@H]1O. The highest BCUT2D eigenvalue weighted by Gasteiger charge is 2.53. The Morgan fingerprint density at radius 2 is 1.87 bits per heavy atom. The minimum atomic E-state index is -1.95. The van der Waals surface area contributed by atoms with E-state index in [4.69, 9.17) is 9.84 Å². The van der Waals surface area contributed by atoms with Crippen LogP contribution in [0.3, 0.4) is 0 Å². The summed E-state index contributed by atoms with van der Waals surface area (Å²) >= 11 is 0. The molecule has 1 saturated heterocycles. The molecule has 0 aliphatic carbocycles. The van der Waals surface area contributed by atoms with E-state index in [9.17, 15) is 20.4 Å². The number of rotatable bonds is 3. The summed E-state index contributed by atoms with van der Waals surface area (Å²) in [5, 5.41) is 47.2. The largest absolute Gasteiger partial charge is 0.394 e. The van der Waals surface area contributed by atoms with Crippen LogP contribution in [0.1, 0.15) is 6.42 Å². The molecule has 15 heavy (non-hydrogen) atoms. The van der Waals surface area contributed by atoms with Crippen molar-refractivity contribution in [3.05, 3.63) is 12.7 Å². The van der Waals surface area contributed by atoms with Gasteiger partial charge < -0.3 is 30.3 Å². The van der Waals surface area contributed by atoms with Crippen molar-refractivity contribution in [3.63, 3.8) is 0 Å². The molecule has 0 aromatic carbocycles. The molecule has 6 heteroatoms. The number of ether oxygens (including phenoxy) is 1. The lowest BCUT2D eigenvalue weighted by Crippen LogP contribution is -2.66. The number of hydrogen-bond acceptors (Lipinski definition) is 6. The topological polar surface area (TPSA) is 110 Å². The highest BCUT2D eigenvalue weighted by atomic mass is 16.6. The molecule has 0 spiro atoms. The number of aliphatic hydroxyl groups excluding tert-OH is 4. The van der Waals surface area contributed by atoms with Crippen LogP contribution in [0.2, 0.25) is 0 Å². The summed E-state index contributed by atoms with van der Waals surface area (Å²) in [6.45, 7) is 2.81. The first-order valence-electron chi connectivity index (χ1n) is 4.61. The Morgan fingerprint density at radius 3 is 2.33 bits per heavy atom. The summed E-state index contributed by atoms with van der Waals surface area (Å²) in [5.41, 5.74) is -1.95. The molecule has 0 unspecified atom stereocenters. The molecule has 88 valence electrons. The van der Waals surface area contributed by atoms with E-state index >= 15 is 0 Å². The van der Waals surface area contributed by atoms with E-state index in [-0.39, 0.29) is 6.42 Å². The van der Waals surface area contributed by atoms with Crippen molar-refractivity contribution in [2.75, 3.05) is 6.61 Å². The van der Waals surface area contributed by atoms with Gasteiger partial charge in [-0.2, -0.15) is 0 Å². The van der Waals surface area contributed by atoms with Crippen LogP contribution in [0.25, 0.3) is 0 Å². The zero-order chi connectivity index (χ0) is 11.6. The summed E-state index contributed by atoms with van der Waals surface area (Å²) in [6.07, 6.45) is -4.72. The standard InChI is InChI=1S/C9H16O6/c1-2-3-9(14)6(11)5(4-10)15-8(13)7(9)12/h2,5-8,10-14H,1,3-4H2/t5-,6-,7+,8+,9+/m1/s1. The van der Waals surface area contributed by atoms with Gasteiger partial charge in [0.25, 0.3) is 0 Å². The zero-order valence-electron chi connectivity index (χ0n) is 8.15. The fourth-order valence-corrected chi connectivity index (χ4v) is 1.69. The lowest BCUT2D eigenvalue weighted by Gasteiger charge is -2.46. The first-order valence-corrected chi connectivity index (χ1v) is 4.61. The van der Waals surface area contributed by atoms with Gasteiger partial charge in [-0.1, -0.05) is 6.08 Å². The van der Waals surface area contributed by atoms with Gasteiger partial charge in [-0.3, -0.25) is 0 Å². The van der Waals surface area contributed by atoms with E-state index in [2.05, 4.69) is 6.58 Å². The highest BCUT2D eigenvalue weighted by molar-refractivity contribution is 5.04. The second-order valence-corrected chi connectivity index (χ2v) is 3.62. The third-order valence-electron chi connectivity index (χ3n) is 2.61. The van der Waals surface area contributed by atoms with Crippen molar-refractivity contribution in [3.8, 4) is 0 Å². The molecule has 0 saturated carbocycles. The molecule has 0 aromatic rings. The summed E-state index contributed by atoms with van der Waals surface area (Å²) in [4.78, 5) is 0. The molecule has 0 aromatic heterocycles. The number of aliphatic hydroxyl groups is 5. The molecule has 5 N–H and O–H groups in total. The fourth-order valence-electron chi connectivity index (χ4n) is 1.69. The van der Waals surface area contributed by atoms with Crippen LogP contribution < -0.4 is 0 Å². The van der Waals surface area contributed by atoms with Crippen molar-refractivity contribution < 1.29 is 30.3 Å². The Morgan fingerprint density at radius 1 is 1.27 bits per heavy atom. The second-order valence-electron chi connectivity index (χ2n) is 3.62. The van der Waals surface area contributed by atoms with Gasteiger partial charge in [0.15, 0.2) is 6.29 Å². The molecule has 6 nitrogen and oxygen atoms in total. The normalized spacial score (nSPS) is 46.5. The van der Waals surface area contributed by atoms with Gasteiger partial charge in [-0.15, -0.1) is 6.58 Å². The Labute approximate surface area is 87.0 Å². The summed E-state index contributed by atoms with van der Waals surface area (Å²) in [7, 11) is 0. The fraction of sp³-hybridized carbons (Fsp3) is 0.778. The van der Waals surface area contributed by atoms with Crippen LogP contribution in [0.15, 0.2) is 12.7 Å². The van der Waals surface area contributed by atoms with E-state index in [1.807, 2.05) is 0 Å². The van der Waals surface area contributed by atoms with Crippen molar-refractivity contribution in [1.82, 2.24) is 0 Å². The molecular formula is C9H16O6. The monoisotopic (exact) mass is 220 g/mol. The van der Waals surface area contributed by atoms with Gasteiger partial charge >= 0.3 is 0 Å². The Balaban J connectivity index is 2.93. The lowest BCUT2D eigenvalue weighted by atomic mass is 9.81. The Hall–Kier alpha value is -0.500. The molecule has 5 atom stereocenters. The van der Waals surface area contributed by atoms with E-state index in [0.29, 0.717) is 0 Å². The molecule has 1 fully saturated rings. The van der Waals surface area contributed by atoms with E-state index in [1.165, 1.54) is 6.08 Å². The molecule has 0 amide bonds. The van der Waals surface area contributed by atoms with Crippen LogP contribution in [0.4, 0.5) is 0 Å². The third kappa shape index (κ3) is 2.05. The molecule has 0 radical (unpaired) electrons. The van der Waals surface area contributed by atoms with Crippen molar-refractivity contribution in [2.45, 2.75) is 36.6 Å². The van der Waals surface area contributed by atoms with Gasteiger partial charge in [0.05, 0.1) is 6.61 Å². The predicted molar refractivity (Wildman–Crippen MR) is 49.7 cm³/mol. The van der Waals surface area contributed by atoms with Gasteiger partial charge in [-0.05, 0) is 6.42 Å². The maximum atomic E-state index is 9.96. The molecule has 1 rings (SSSR count). The number of hydrogen-bond donors (Lipinski definition) is 5. The van der Waals surface area contributed by atoms with Crippen molar-refractivity contribution in [2.24, 2.45) is 0 Å². The van der Waals surface area contributed by atoms with Crippen LogP contribution in [0.5, 0.6) is 0 Å². The first-order chi connectivity index (χ1) is 6.97. The first kappa shape index (κ1) is 12.6. The smallest absolute Gasteiger partial charge is 0.184 e. The lowest BCUT2D eigenvalue weighted by molar-refractivity contribution is -0.320. The average molecular weight is 220 g/mol. The Bertz CT molecular complexity index is 233. The van der Waals surface area contributed by atoms with Gasteiger partial charge in [0.2, 0.25) is 0 Å². The van der Waals surface area contributed by atoms with Crippen LogP contribution in [-0.2, 0) is 4.74 Å². The molecular weight excluding hydrogens is 204 g/mol. The van der Waals surface area contributed by atoms with Crippen LogP contribution in [0, 0.1) is 0 Å². The van der Waals surface area contributed by atoms with Crippen LogP contribution >= 0.6 is 0 Å².